The maximum Gasteiger partial charge on any atom is 0.306 e. The van der Waals surface area contributed by atoms with Crippen LogP contribution >= 0.6 is 0 Å². The van der Waals surface area contributed by atoms with Gasteiger partial charge in [0, 0.05) is 19.4 Å². The molecule has 0 saturated heterocycles. The van der Waals surface area contributed by atoms with Gasteiger partial charge in [0.05, 0.1) is 6.61 Å². The van der Waals surface area contributed by atoms with E-state index < -0.39 is 6.10 Å². The van der Waals surface area contributed by atoms with E-state index in [0.29, 0.717) is 25.9 Å². The molecule has 5 heteroatoms. The Balaban J connectivity index is 4.51. The number of hydrogen-bond donors (Lipinski definition) is 0. The number of allylic oxidation sites excluding steroid dienone is 24. The van der Waals surface area contributed by atoms with Crippen molar-refractivity contribution in [2.24, 2.45) is 0 Å². The van der Waals surface area contributed by atoms with E-state index in [-0.39, 0.29) is 25.2 Å². The Morgan fingerprint density at radius 3 is 1.11 bits per heavy atom. The number of unbranched alkanes of at least 4 members (excludes halogenated alkanes) is 7. The maximum absolute atomic E-state index is 12.8. The van der Waals surface area contributed by atoms with Crippen molar-refractivity contribution in [1.29, 1.82) is 0 Å². The molecule has 62 heavy (non-hydrogen) atoms. The lowest BCUT2D eigenvalue weighted by atomic mass is 10.1. The number of carbonyl (C=O) groups is 2. The molecule has 0 spiro atoms. The first-order valence-corrected chi connectivity index (χ1v) is 24.4. The summed E-state index contributed by atoms with van der Waals surface area (Å²) >= 11 is 0. The van der Waals surface area contributed by atoms with Gasteiger partial charge in [0.2, 0.25) is 0 Å². The van der Waals surface area contributed by atoms with Crippen molar-refractivity contribution in [2.45, 2.75) is 181 Å². The van der Waals surface area contributed by atoms with Crippen molar-refractivity contribution in [3.8, 4) is 0 Å². The molecule has 0 fully saturated rings. The van der Waals surface area contributed by atoms with Crippen LogP contribution in [0.5, 0.6) is 0 Å². The molecule has 0 amide bonds. The Hall–Kier alpha value is -4.22. The normalized spacial score (nSPS) is 13.5. The zero-order valence-electron chi connectivity index (χ0n) is 39.6. The number of ether oxygens (including phenoxy) is 3. The standard InChI is InChI=1S/C57H88O5/c1-4-7-10-13-16-19-22-25-28-29-31-32-35-38-41-44-47-50-56(58)61-54-55(53-60-52-49-46-43-40-37-34-27-24-21-18-15-12-9-6-3)62-57(59)51-48-45-42-39-36-33-30-26-23-20-17-14-11-8-5-2/h7-12,16-21,25-28,30-32,34,36,38-39,41,55H,4-6,13-15,22-24,29,33,35,37,40,42-54H2,1-3H3/b10-7-,11-8-,12-9-,19-16-,20-17-,21-18-,28-25-,30-26-,32-31-,34-27-,39-36-,41-38-. The van der Waals surface area contributed by atoms with Crippen LogP contribution in [0.1, 0.15) is 175 Å². The number of carbonyl (C=O) groups excluding carboxylic acids is 2. The van der Waals surface area contributed by atoms with Crippen LogP contribution in [0, 0.1) is 0 Å². The molecule has 0 radical (unpaired) electrons. The molecule has 0 aromatic carbocycles. The second-order valence-electron chi connectivity index (χ2n) is 15.2. The molecule has 0 aliphatic rings. The van der Waals surface area contributed by atoms with E-state index in [1.54, 1.807) is 0 Å². The molecule has 0 heterocycles. The monoisotopic (exact) mass is 853 g/mol. The molecular weight excluding hydrogens is 765 g/mol. The molecule has 0 N–H and O–H groups in total. The van der Waals surface area contributed by atoms with Crippen LogP contribution < -0.4 is 0 Å². The van der Waals surface area contributed by atoms with E-state index in [1.165, 1.54) is 6.42 Å². The number of hydrogen-bond acceptors (Lipinski definition) is 5. The van der Waals surface area contributed by atoms with E-state index in [0.717, 1.165) is 128 Å². The molecule has 1 unspecified atom stereocenters. The summed E-state index contributed by atoms with van der Waals surface area (Å²) in [5, 5.41) is 0. The van der Waals surface area contributed by atoms with Gasteiger partial charge < -0.3 is 14.2 Å². The number of rotatable bonds is 42. The number of esters is 2. The molecule has 5 nitrogen and oxygen atoms in total. The van der Waals surface area contributed by atoms with Gasteiger partial charge in [-0.05, 0) is 128 Å². The quantitative estimate of drug-likeness (QED) is 0.0348. The molecular formula is C57H88O5. The summed E-state index contributed by atoms with van der Waals surface area (Å²) in [6, 6.07) is 0. The summed E-state index contributed by atoms with van der Waals surface area (Å²) in [4.78, 5) is 25.3. The van der Waals surface area contributed by atoms with Crippen molar-refractivity contribution < 1.29 is 23.8 Å². The third kappa shape index (κ3) is 48.4. The second kappa shape index (κ2) is 51.1. The van der Waals surface area contributed by atoms with E-state index in [2.05, 4.69) is 167 Å². The first kappa shape index (κ1) is 57.8. The minimum Gasteiger partial charge on any atom is -0.462 e. The highest BCUT2D eigenvalue weighted by Gasteiger charge is 2.17. The summed E-state index contributed by atoms with van der Waals surface area (Å²) in [5.41, 5.74) is 0. The minimum atomic E-state index is -0.603. The molecule has 0 bridgehead atoms. The Labute approximate surface area is 381 Å². The lowest BCUT2D eigenvalue weighted by Crippen LogP contribution is -2.30. The lowest BCUT2D eigenvalue weighted by molar-refractivity contribution is -0.162. The van der Waals surface area contributed by atoms with Gasteiger partial charge >= 0.3 is 11.9 Å². The van der Waals surface area contributed by atoms with Crippen LogP contribution in [0.2, 0.25) is 0 Å². The molecule has 0 aliphatic heterocycles. The van der Waals surface area contributed by atoms with Crippen LogP contribution in [0.15, 0.2) is 146 Å². The topological polar surface area (TPSA) is 61.8 Å². The summed E-state index contributed by atoms with van der Waals surface area (Å²) in [5.74, 6) is -0.541. The van der Waals surface area contributed by atoms with Crippen molar-refractivity contribution in [1.82, 2.24) is 0 Å². The zero-order valence-corrected chi connectivity index (χ0v) is 39.6. The molecule has 0 saturated carbocycles. The van der Waals surface area contributed by atoms with Gasteiger partial charge in [-0.2, -0.15) is 0 Å². The van der Waals surface area contributed by atoms with Crippen LogP contribution in [-0.4, -0.2) is 37.9 Å². The second-order valence-corrected chi connectivity index (χ2v) is 15.2. The van der Waals surface area contributed by atoms with Crippen LogP contribution in [0.3, 0.4) is 0 Å². The molecule has 0 aromatic rings. The summed E-state index contributed by atoms with van der Waals surface area (Å²) in [6.07, 6.45) is 74.3. The van der Waals surface area contributed by atoms with E-state index >= 15 is 0 Å². The fourth-order valence-corrected chi connectivity index (χ4v) is 5.84. The average molecular weight is 853 g/mol. The highest BCUT2D eigenvalue weighted by Crippen LogP contribution is 2.09. The molecule has 0 aliphatic carbocycles. The van der Waals surface area contributed by atoms with Crippen molar-refractivity contribution in [3.63, 3.8) is 0 Å². The lowest BCUT2D eigenvalue weighted by Gasteiger charge is -2.18. The smallest absolute Gasteiger partial charge is 0.306 e. The van der Waals surface area contributed by atoms with E-state index in [4.69, 9.17) is 14.2 Å². The first-order valence-electron chi connectivity index (χ1n) is 24.4. The van der Waals surface area contributed by atoms with Gasteiger partial charge in [0.25, 0.3) is 0 Å². The van der Waals surface area contributed by atoms with Crippen molar-refractivity contribution in [3.05, 3.63) is 146 Å². The minimum absolute atomic E-state index is 0.0190. The van der Waals surface area contributed by atoms with Gasteiger partial charge in [0.15, 0.2) is 6.10 Å². The van der Waals surface area contributed by atoms with Crippen LogP contribution in [-0.2, 0) is 23.8 Å². The Kier molecular flexibility index (Phi) is 47.7. The van der Waals surface area contributed by atoms with E-state index in [9.17, 15) is 9.59 Å². The highest BCUT2D eigenvalue weighted by atomic mass is 16.6. The van der Waals surface area contributed by atoms with Gasteiger partial charge in [-0.25, -0.2) is 0 Å². The first-order chi connectivity index (χ1) is 30.6. The summed E-state index contributed by atoms with van der Waals surface area (Å²) in [7, 11) is 0. The predicted molar refractivity (Wildman–Crippen MR) is 269 cm³/mol. The van der Waals surface area contributed by atoms with Gasteiger partial charge in [-0.3, -0.25) is 9.59 Å². The Morgan fingerprint density at radius 2 is 0.694 bits per heavy atom. The predicted octanol–water partition coefficient (Wildman–Crippen LogP) is 16.6. The fourth-order valence-electron chi connectivity index (χ4n) is 5.84. The third-order valence-corrected chi connectivity index (χ3v) is 9.35. The molecule has 1 atom stereocenters. The summed E-state index contributed by atoms with van der Waals surface area (Å²) in [6.45, 7) is 7.29. The molecule has 346 valence electrons. The van der Waals surface area contributed by atoms with Gasteiger partial charge in [-0.15, -0.1) is 0 Å². The largest absolute Gasteiger partial charge is 0.462 e. The van der Waals surface area contributed by atoms with Gasteiger partial charge in [0.1, 0.15) is 6.61 Å². The maximum atomic E-state index is 12.8. The van der Waals surface area contributed by atoms with Crippen LogP contribution in [0.25, 0.3) is 0 Å². The van der Waals surface area contributed by atoms with Crippen molar-refractivity contribution >= 4 is 11.9 Å². The molecule has 0 rings (SSSR count). The Bertz CT molecular complexity index is 1380. The van der Waals surface area contributed by atoms with Crippen molar-refractivity contribution in [2.75, 3.05) is 19.8 Å². The Morgan fingerprint density at radius 1 is 0.355 bits per heavy atom. The SMILES string of the molecule is CC/C=C\C/C=C\C/C=C\C/C=C\C/C=C\CCCC(=O)OCC(COCCCCCC/C=C\C/C=C\C/C=C\CC)OC(=O)CCCC/C=C\C/C=C\C/C=C\C/C=C\CC. The van der Waals surface area contributed by atoms with Gasteiger partial charge in [-0.1, -0.05) is 179 Å². The fraction of sp³-hybridized carbons (Fsp3) is 0.544. The average Bonchev–Trinajstić information content (AvgIpc) is 3.27. The summed E-state index contributed by atoms with van der Waals surface area (Å²) < 4.78 is 17.3. The molecule has 0 aromatic heterocycles. The third-order valence-electron chi connectivity index (χ3n) is 9.35. The van der Waals surface area contributed by atoms with Crippen LogP contribution in [0.4, 0.5) is 0 Å². The van der Waals surface area contributed by atoms with E-state index in [1.807, 2.05) is 0 Å². The highest BCUT2D eigenvalue weighted by molar-refractivity contribution is 5.70. The zero-order chi connectivity index (χ0) is 44.9.